The summed E-state index contributed by atoms with van der Waals surface area (Å²) < 4.78 is 1.94. The average Bonchev–Trinajstić information content (AvgIpc) is 2.90. The van der Waals surface area contributed by atoms with E-state index in [1.54, 1.807) is 6.07 Å². The monoisotopic (exact) mass is 224 g/mol. The molecule has 3 nitrogen and oxygen atoms in total. The van der Waals surface area contributed by atoms with Crippen LogP contribution >= 0.6 is 0 Å². The molecule has 3 heteroatoms. The van der Waals surface area contributed by atoms with E-state index in [1.807, 2.05) is 47.3 Å². The first kappa shape index (κ1) is 11.0. The van der Waals surface area contributed by atoms with E-state index in [2.05, 4.69) is 11.2 Å². The molecule has 0 bridgehead atoms. The van der Waals surface area contributed by atoms with Crippen LogP contribution in [0.25, 0.3) is 5.69 Å². The van der Waals surface area contributed by atoms with Gasteiger partial charge in [0.05, 0.1) is 6.54 Å². The van der Waals surface area contributed by atoms with E-state index in [4.69, 9.17) is 6.42 Å². The van der Waals surface area contributed by atoms with Crippen LogP contribution in [0.15, 0.2) is 48.8 Å². The van der Waals surface area contributed by atoms with Crippen molar-refractivity contribution in [3.05, 3.63) is 54.4 Å². The van der Waals surface area contributed by atoms with Crippen molar-refractivity contribution >= 4 is 5.91 Å². The summed E-state index contributed by atoms with van der Waals surface area (Å²) in [5, 5.41) is 2.64. The molecule has 17 heavy (non-hydrogen) atoms. The maximum absolute atomic E-state index is 11.7. The zero-order valence-electron chi connectivity index (χ0n) is 9.26. The third kappa shape index (κ3) is 2.56. The summed E-state index contributed by atoms with van der Waals surface area (Å²) in [6, 6.07) is 11.2. The van der Waals surface area contributed by atoms with Gasteiger partial charge in [-0.05, 0) is 30.3 Å². The Morgan fingerprint density at radius 3 is 2.76 bits per heavy atom. The summed E-state index contributed by atoms with van der Waals surface area (Å²) in [5.41, 5.74) is 1.55. The fourth-order valence-corrected chi connectivity index (χ4v) is 1.55. The molecule has 1 N–H and O–H groups in total. The summed E-state index contributed by atoms with van der Waals surface area (Å²) in [6.45, 7) is 0.243. The molecule has 0 saturated heterocycles. The number of carbonyl (C=O) groups is 1. The van der Waals surface area contributed by atoms with Crippen molar-refractivity contribution in [3.63, 3.8) is 0 Å². The second-order valence-corrected chi connectivity index (χ2v) is 3.53. The summed E-state index contributed by atoms with van der Waals surface area (Å²) >= 11 is 0. The molecule has 2 rings (SSSR count). The van der Waals surface area contributed by atoms with E-state index < -0.39 is 0 Å². The van der Waals surface area contributed by atoms with Crippen LogP contribution in [0.4, 0.5) is 0 Å². The number of hydrogen-bond donors (Lipinski definition) is 1. The minimum atomic E-state index is -0.156. The number of nitrogens with one attached hydrogen (secondary N) is 1. The van der Waals surface area contributed by atoms with Crippen LogP contribution in [0.1, 0.15) is 10.4 Å². The molecule has 0 saturated carbocycles. The molecule has 1 aromatic heterocycles. The molecule has 1 amide bonds. The van der Waals surface area contributed by atoms with Gasteiger partial charge in [-0.3, -0.25) is 4.79 Å². The van der Waals surface area contributed by atoms with Gasteiger partial charge in [0.1, 0.15) is 0 Å². The molecular weight excluding hydrogens is 212 g/mol. The average molecular weight is 224 g/mol. The number of hydrogen-bond acceptors (Lipinski definition) is 1. The zero-order valence-corrected chi connectivity index (χ0v) is 9.26. The van der Waals surface area contributed by atoms with E-state index in [1.165, 1.54) is 0 Å². The Morgan fingerprint density at radius 1 is 1.29 bits per heavy atom. The predicted molar refractivity (Wildman–Crippen MR) is 66.9 cm³/mol. The lowest BCUT2D eigenvalue weighted by molar-refractivity contribution is 0.0958. The zero-order chi connectivity index (χ0) is 12.1. The highest BCUT2D eigenvalue weighted by atomic mass is 16.1. The standard InChI is InChI=1S/C14H12N2O/c1-2-8-15-14(17)12-6-5-7-13(11-12)16-9-3-4-10-16/h1,3-7,9-11H,8H2,(H,15,17). The Balaban J connectivity index is 2.23. The van der Waals surface area contributed by atoms with Crippen LogP contribution in [0.5, 0.6) is 0 Å². The minimum absolute atomic E-state index is 0.156. The topological polar surface area (TPSA) is 34.0 Å². The van der Waals surface area contributed by atoms with Gasteiger partial charge in [0.2, 0.25) is 0 Å². The Hall–Kier alpha value is -2.47. The van der Waals surface area contributed by atoms with Crippen molar-refractivity contribution < 1.29 is 4.79 Å². The predicted octanol–water partition coefficient (Wildman–Crippen LogP) is 1.84. The van der Waals surface area contributed by atoms with Crippen molar-refractivity contribution in [2.45, 2.75) is 0 Å². The molecule has 2 aromatic rings. The third-order valence-corrected chi connectivity index (χ3v) is 2.36. The molecule has 0 aliphatic rings. The first-order valence-electron chi connectivity index (χ1n) is 5.26. The smallest absolute Gasteiger partial charge is 0.252 e. The maximum Gasteiger partial charge on any atom is 0.252 e. The number of nitrogens with zero attached hydrogens (tertiary/aromatic N) is 1. The third-order valence-electron chi connectivity index (χ3n) is 2.36. The van der Waals surface area contributed by atoms with Crippen LogP contribution in [0.2, 0.25) is 0 Å². The van der Waals surface area contributed by atoms with Crippen molar-refractivity contribution in [1.82, 2.24) is 9.88 Å². The van der Waals surface area contributed by atoms with Gasteiger partial charge >= 0.3 is 0 Å². The van der Waals surface area contributed by atoms with Gasteiger partial charge in [0.25, 0.3) is 5.91 Å². The van der Waals surface area contributed by atoms with E-state index in [0.717, 1.165) is 5.69 Å². The van der Waals surface area contributed by atoms with Crippen LogP contribution < -0.4 is 5.32 Å². The number of terminal acetylenes is 1. The molecular formula is C14H12N2O. The molecule has 1 heterocycles. The largest absolute Gasteiger partial charge is 0.341 e. The van der Waals surface area contributed by atoms with Gasteiger partial charge in [-0.2, -0.15) is 0 Å². The highest BCUT2D eigenvalue weighted by Gasteiger charge is 2.05. The quantitative estimate of drug-likeness (QED) is 0.793. The minimum Gasteiger partial charge on any atom is -0.341 e. The summed E-state index contributed by atoms with van der Waals surface area (Å²) in [4.78, 5) is 11.7. The summed E-state index contributed by atoms with van der Waals surface area (Å²) in [7, 11) is 0. The fourth-order valence-electron chi connectivity index (χ4n) is 1.55. The first-order valence-corrected chi connectivity index (χ1v) is 5.26. The number of amides is 1. The number of aromatic nitrogens is 1. The van der Waals surface area contributed by atoms with Crippen molar-refractivity contribution in [2.24, 2.45) is 0 Å². The van der Waals surface area contributed by atoms with Gasteiger partial charge in [-0.1, -0.05) is 12.0 Å². The fraction of sp³-hybridized carbons (Fsp3) is 0.0714. The Labute approximate surface area is 100 Å². The Morgan fingerprint density at radius 2 is 2.06 bits per heavy atom. The van der Waals surface area contributed by atoms with Crippen molar-refractivity contribution in [2.75, 3.05) is 6.54 Å². The van der Waals surface area contributed by atoms with Crippen LogP contribution in [0.3, 0.4) is 0 Å². The van der Waals surface area contributed by atoms with Gasteiger partial charge in [0.15, 0.2) is 0 Å². The second kappa shape index (κ2) is 5.04. The molecule has 0 spiro atoms. The van der Waals surface area contributed by atoms with Crippen molar-refractivity contribution in [1.29, 1.82) is 0 Å². The lowest BCUT2D eigenvalue weighted by Gasteiger charge is -2.06. The van der Waals surface area contributed by atoms with Crippen molar-refractivity contribution in [3.8, 4) is 18.0 Å². The Bertz CT molecular complexity index is 550. The number of benzene rings is 1. The lowest BCUT2D eigenvalue weighted by Crippen LogP contribution is -2.23. The van der Waals surface area contributed by atoms with Crippen LogP contribution in [-0.4, -0.2) is 17.0 Å². The van der Waals surface area contributed by atoms with E-state index in [0.29, 0.717) is 5.56 Å². The lowest BCUT2D eigenvalue weighted by atomic mass is 10.2. The molecule has 1 aromatic carbocycles. The molecule has 84 valence electrons. The van der Waals surface area contributed by atoms with Gasteiger partial charge in [0, 0.05) is 23.6 Å². The summed E-state index contributed by atoms with van der Waals surface area (Å²) in [5.74, 6) is 2.22. The number of rotatable bonds is 3. The SMILES string of the molecule is C#CCNC(=O)c1cccc(-n2cccc2)c1. The van der Waals surface area contributed by atoms with Crippen LogP contribution in [0, 0.1) is 12.3 Å². The maximum atomic E-state index is 11.7. The molecule has 0 aliphatic carbocycles. The van der Waals surface area contributed by atoms with E-state index >= 15 is 0 Å². The Kier molecular flexibility index (Phi) is 3.27. The summed E-state index contributed by atoms with van der Waals surface area (Å²) in [6.07, 6.45) is 8.95. The highest BCUT2D eigenvalue weighted by molar-refractivity contribution is 5.94. The highest BCUT2D eigenvalue weighted by Crippen LogP contribution is 2.10. The van der Waals surface area contributed by atoms with E-state index in [9.17, 15) is 4.79 Å². The van der Waals surface area contributed by atoms with Crippen LogP contribution in [-0.2, 0) is 0 Å². The molecule has 0 aliphatic heterocycles. The number of carbonyl (C=O) groups excluding carboxylic acids is 1. The van der Waals surface area contributed by atoms with Gasteiger partial charge in [-0.15, -0.1) is 6.42 Å². The van der Waals surface area contributed by atoms with E-state index in [-0.39, 0.29) is 12.5 Å². The molecule has 0 unspecified atom stereocenters. The normalized spacial score (nSPS) is 9.59. The molecule has 0 radical (unpaired) electrons. The van der Waals surface area contributed by atoms with Gasteiger partial charge in [-0.25, -0.2) is 0 Å². The molecule has 0 fully saturated rings. The molecule has 0 atom stereocenters. The van der Waals surface area contributed by atoms with Gasteiger partial charge < -0.3 is 9.88 Å². The second-order valence-electron chi connectivity index (χ2n) is 3.53. The first-order chi connectivity index (χ1) is 8.31.